The molecule has 3 heteroatoms. The Labute approximate surface area is 121 Å². The van der Waals surface area contributed by atoms with Crippen LogP contribution in [0.5, 0.6) is 5.75 Å². The molecule has 0 amide bonds. The highest BCUT2D eigenvalue weighted by atomic mass is 16.5. The van der Waals surface area contributed by atoms with Gasteiger partial charge in [0.05, 0.1) is 13.2 Å². The van der Waals surface area contributed by atoms with Gasteiger partial charge in [-0.05, 0) is 43.0 Å². The fraction of sp³-hybridized carbons (Fsp3) is 0.471. The maximum atomic E-state index is 11.4. The molecule has 0 aliphatic heterocycles. The predicted molar refractivity (Wildman–Crippen MR) is 81.7 cm³/mol. The monoisotopic (exact) mass is 276 g/mol. The molecule has 0 aliphatic rings. The fourth-order valence-corrected chi connectivity index (χ4v) is 1.83. The normalized spacial score (nSPS) is 12.9. The third-order valence-electron chi connectivity index (χ3n) is 3.15. The van der Waals surface area contributed by atoms with Crippen LogP contribution >= 0.6 is 0 Å². The van der Waals surface area contributed by atoms with Crippen LogP contribution in [0.3, 0.4) is 0 Å². The van der Waals surface area contributed by atoms with E-state index < -0.39 is 0 Å². The van der Waals surface area contributed by atoms with Crippen LogP contribution in [-0.4, -0.2) is 19.2 Å². The molecule has 1 rings (SSSR count). The molecule has 110 valence electrons. The van der Waals surface area contributed by atoms with Crippen LogP contribution in [0.4, 0.5) is 0 Å². The SMILES string of the molecule is CCCC(=CC(=O)OC)c1ccc(OC(C)CC)cc1. The van der Waals surface area contributed by atoms with Gasteiger partial charge in [-0.3, -0.25) is 0 Å². The number of carbonyl (C=O) groups is 1. The summed E-state index contributed by atoms with van der Waals surface area (Å²) in [6.45, 7) is 6.23. The Kier molecular flexibility index (Phi) is 6.85. The molecule has 0 saturated heterocycles. The maximum absolute atomic E-state index is 11.4. The van der Waals surface area contributed by atoms with Crippen molar-refractivity contribution in [3.8, 4) is 5.75 Å². The Morgan fingerprint density at radius 2 is 1.90 bits per heavy atom. The summed E-state index contributed by atoms with van der Waals surface area (Å²) in [4.78, 5) is 11.4. The number of methoxy groups -OCH3 is 1. The second kappa shape index (κ2) is 8.41. The molecule has 1 atom stereocenters. The molecule has 3 nitrogen and oxygen atoms in total. The molecule has 1 aromatic rings. The van der Waals surface area contributed by atoms with Gasteiger partial charge in [-0.1, -0.05) is 32.4 Å². The minimum atomic E-state index is -0.312. The van der Waals surface area contributed by atoms with Gasteiger partial charge < -0.3 is 9.47 Å². The van der Waals surface area contributed by atoms with E-state index in [1.54, 1.807) is 6.08 Å². The highest BCUT2D eigenvalue weighted by Gasteiger charge is 2.06. The second-order valence-electron chi connectivity index (χ2n) is 4.80. The number of rotatable bonds is 7. The molecule has 0 saturated carbocycles. The van der Waals surface area contributed by atoms with Gasteiger partial charge in [0, 0.05) is 6.08 Å². The summed E-state index contributed by atoms with van der Waals surface area (Å²) in [6, 6.07) is 7.87. The van der Waals surface area contributed by atoms with Crippen molar-refractivity contribution in [2.24, 2.45) is 0 Å². The summed E-state index contributed by atoms with van der Waals surface area (Å²) in [5.41, 5.74) is 2.03. The molecule has 20 heavy (non-hydrogen) atoms. The van der Waals surface area contributed by atoms with Crippen molar-refractivity contribution < 1.29 is 14.3 Å². The maximum Gasteiger partial charge on any atom is 0.330 e. The number of hydrogen-bond acceptors (Lipinski definition) is 3. The molecule has 1 aromatic carbocycles. The highest BCUT2D eigenvalue weighted by Crippen LogP contribution is 2.23. The molecule has 0 bridgehead atoms. The zero-order chi connectivity index (χ0) is 15.0. The number of benzene rings is 1. The molecular formula is C17H24O3. The Balaban J connectivity index is 2.88. The van der Waals surface area contributed by atoms with Gasteiger partial charge in [0.1, 0.15) is 5.75 Å². The first-order valence-corrected chi connectivity index (χ1v) is 7.16. The minimum Gasteiger partial charge on any atom is -0.491 e. The number of ether oxygens (including phenoxy) is 2. The fourth-order valence-electron chi connectivity index (χ4n) is 1.83. The van der Waals surface area contributed by atoms with Gasteiger partial charge in [0.25, 0.3) is 0 Å². The number of esters is 1. The van der Waals surface area contributed by atoms with E-state index in [0.717, 1.165) is 36.1 Å². The first-order valence-electron chi connectivity index (χ1n) is 7.16. The van der Waals surface area contributed by atoms with Crippen molar-refractivity contribution in [3.63, 3.8) is 0 Å². The van der Waals surface area contributed by atoms with Crippen molar-refractivity contribution in [3.05, 3.63) is 35.9 Å². The first kappa shape index (κ1) is 16.3. The van der Waals surface area contributed by atoms with Crippen molar-refractivity contribution in [2.45, 2.75) is 46.1 Å². The van der Waals surface area contributed by atoms with Crippen LogP contribution in [-0.2, 0) is 9.53 Å². The third-order valence-corrected chi connectivity index (χ3v) is 3.15. The van der Waals surface area contributed by atoms with Crippen LogP contribution < -0.4 is 4.74 Å². The van der Waals surface area contributed by atoms with Gasteiger partial charge in [-0.2, -0.15) is 0 Å². The summed E-state index contributed by atoms with van der Waals surface area (Å²) in [5, 5.41) is 0. The van der Waals surface area contributed by atoms with E-state index in [1.165, 1.54) is 7.11 Å². The van der Waals surface area contributed by atoms with Crippen molar-refractivity contribution >= 4 is 11.5 Å². The molecule has 0 fully saturated rings. The molecule has 0 radical (unpaired) electrons. The lowest BCUT2D eigenvalue weighted by molar-refractivity contribution is -0.134. The molecular weight excluding hydrogens is 252 g/mol. The molecule has 0 spiro atoms. The Bertz CT molecular complexity index is 446. The Hall–Kier alpha value is -1.77. The van der Waals surface area contributed by atoms with Crippen molar-refractivity contribution in [2.75, 3.05) is 7.11 Å². The zero-order valence-electron chi connectivity index (χ0n) is 12.8. The molecule has 1 unspecified atom stereocenters. The van der Waals surface area contributed by atoms with E-state index in [1.807, 2.05) is 31.2 Å². The van der Waals surface area contributed by atoms with Crippen LogP contribution in [0.2, 0.25) is 0 Å². The topological polar surface area (TPSA) is 35.5 Å². The number of carbonyl (C=O) groups excluding carboxylic acids is 1. The summed E-state index contributed by atoms with van der Waals surface area (Å²) < 4.78 is 10.4. The average Bonchev–Trinajstić information content (AvgIpc) is 2.47. The number of allylic oxidation sites excluding steroid dienone is 1. The summed E-state index contributed by atoms with van der Waals surface area (Å²) in [6.07, 6.45) is 4.58. The third kappa shape index (κ3) is 5.08. The van der Waals surface area contributed by atoms with E-state index in [4.69, 9.17) is 9.47 Å². The number of hydrogen-bond donors (Lipinski definition) is 0. The summed E-state index contributed by atoms with van der Waals surface area (Å²) in [5.74, 6) is 0.547. The minimum absolute atomic E-state index is 0.210. The predicted octanol–water partition coefficient (Wildman–Crippen LogP) is 4.22. The lowest BCUT2D eigenvalue weighted by Crippen LogP contribution is -2.09. The largest absolute Gasteiger partial charge is 0.491 e. The average molecular weight is 276 g/mol. The van der Waals surface area contributed by atoms with Crippen molar-refractivity contribution in [1.29, 1.82) is 0 Å². The second-order valence-corrected chi connectivity index (χ2v) is 4.80. The molecule has 0 heterocycles. The molecule has 0 aliphatic carbocycles. The van der Waals surface area contributed by atoms with Gasteiger partial charge in [-0.25, -0.2) is 4.79 Å². The van der Waals surface area contributed by atoms with E-state index >= 15 is 0 Å². The Morgan fingerprint density at radius 1 is 1.25 bits per heavy atom. The smallest absolute Gasteiger partial charge is 0.330 e. The van der Waals surface area contributed by atoms with Crippen molar-refractivity contribution in [1.82, 2.24) is 0 Å². The molecule has 0 aromatic heterocycles. The van der Waals surface area contributed by atoms with E-state index in [0.29, 0.717) is 0 Å². The van der Waals surface area contributed by atoms with E-state index in [2.05, 4.69) is 13.8 Å². The zero-order valence-corrected chi connectivity index (χ0v) is 12.8. The van der Waals surface area contributed by atoms with Crippen LogP contribution in [0.1, 0.15) is 45.6 Å². The van der Waals surface area contributed by atoms with Gasteiger partial charge in [0.15, 0.2) is 0 Å². The Morgan fingerprint density at radius 3 is 2.40 bits per heavy atom. The first-order chi connectivity index (χ1) is 9.60. The standard InChI is InChI=1S/C17H24O3/c1-5-7-15(12-17(18)19-4)14-8-10-16(11-9-14)20-13(3)6-2/h8-13H,5-7H2,1-4H3. The highest BCUT2D eigenvalue weighted by molar-refractivity contribution is 5.91. The van der Waals surface area contributed by atoms with Crippen LogP contribution in [0.25, 0.3) is 5.57 Å². The summed E-state index contributed by atoms with van der Waals surface area (Å²) in [7, 11) is 1.39. The summed E-state index contributed by atoms with van der Waals surface area (Å²) >= 11 is 0. The van der Waals surface area contributed by atoms with E-state index in [-0.39, 0.29) is 12.1 Å². The van der Waals surface area contributed by atoms with Crippen LogP contribution in [0.15, 0.2) is 30.3 Å². The van der Waals surface area contributed by atoms with Gasteiger partial charge in [0.2, 0.25) is 0 Å². The lowest BCUT2D eigenvalue weighted by atomic mass is 10.0. The quantitative estimate of drug-likeness (QED) is 0.552. The van der Waals surface area contributed by atoms with Gasteiger partial charge >= 0.3 is 5.97 Å². The van der Waals surface area contributed by atoms with E-state index in [9.17, 15) is 4.79 Å². The lowest BCUT2D eigenvalue weighted by Gasteiger charge is -2.13. The molecule has 0 N–H and O–H groups in total. The van der Waals surface area contributed by atoms with Crippen LogP contribution in [0, 0.1) is 0 Å². The van der Waals surface area contributed by atoms with Gasteiger partial charge in [-0.15, -0.1) is 0 Å².